The monoisotopic (exact) mass is 387 g/mol. The smallest absolute Gasteiger partial charge is 0.225 e. The summed E-state index contributed by atoms with van der Waals surface area (Å²) in [7, 11) is 0. The third-order valence-corrected chi connectivity index (χ3v) is 5.79. The van der Waals surface area contributed by atoms with E-state index in [4.69, 9.17) is 0 Å². The molecule has 0 aromatic rings. The SMILES string of the molecule is CC(CC(=O)N1CCCC(CNC(=O)C(C)(C)C)C1)C1CCNCC1.Cl. The highest BCUT2D eigenvalue weighted by Crippen LogP contribution is 2.26. The number of carbonyl (C=O) groups excluding carboxylic acids is 2. The number of hydrogen-bond donors (Lipinski definition) is 2. The van der Waals surface area contributed by atoms with E-state index in [9.17, 15) is 9.59 Å². The fourth-order valence-corrected chi connectivity index (χ4v) is 3.94. The van der Waals surface area contributed by atoms with Crippen molar-refractivity contribution in [2.75, 3.05) is 32.7 Å². The van der Waals surface area contributed by atoms with Crippen LogP contribution in [0.5, 0.6) is 0 Å². The molecule has 2 aliphatic rings. The van der Waals surface area contributed by atoms with Gasteiger partial charge >= 0.3 is 0 Å². The molecule has 2 saturated heterocycles. The van der Waals surface area contributed by atoms with Crippen molar-refractivity contribution in [1.29, 1.82) is 0 Å². The molecule has 6 heteroatoms. The van der Waals surface area contributed by atoms with Gasteiger partial charge in [-0.25, -0.2) is 0 Å². The van der Waals surface area contributed by atoms with Gasteiger partial charge in [0.2, 0.25) is 11.8 Å². The second-order valence-corrected chi connectivity index (χ2v) is 9.08. The maximum absolute atomic E-state index is 12.7. The summed E-state index contributed by atoms with van der Waals surface area (Å²) in [6.45, 7) is 12.6. The Bertz CT molecular complexity index is 458. The van der Waals surface area contributed by atoms with Crippen LogP contribution in [0.3, 0.4) is 0 Å². The van der Waals surface area contributed by atoms with Gasteiger partial charge in [-0.05, 0) is 56.5 Å². The number of likely N-dealkylation sites (tertiary alicyclic amines) is 1. The summed E-state index contributed by atoms with van der Waals surface area (Å²) in [5.41, 5.74) is -0.353. The van der Waals surface area contributed by atoms with Crippen molar-refractivity contribution in [2.45, 2.75) is 59.8 Å². The Labute approximate surface area is 165 Å². The lowest BCUT2D eigenvalue weighted by Crippen LogP contribution is -2.46. The summed E-state index contributed by atoms with van der Waals surface area (Å²) in [6, 6.07) is 0. The van der Waals surface area contributed by atoms with Crippen molar-refractivity contribution in [2.24, 2.45) is 23.2 Å². The highest BCUT2D eigenvalue weighted by Gasteiger charge is 2.28. The molecule has 2 N–H and O–H groups in total. The number of hydrogen-bond acceptors (Lipinski definition) is 3. The molecule has 0 saturated carbocycles. The first kappa shape index (κ1) is 23.2. The molecule has 2 rings (SSSR count). The lowest BCUT2D eigenvalue weighted by molar-refractivity contribution is -0.134. The Morgan fingerprint density at radius 2 is 1.85 bits per heavy atom. The molecule has 2 heterocycles. The molecule has 0 spiro atoms. The molecule has 2 aliphatic heterocycles. The minimum absolute atomic E-state index is 0. The third kappa shape index (κ3) is 7.07. The largest absolute Gasteiger partial charge is 0.355 e. The van der Waals surface area contributed by atoms with Gasteiger partial charge < -0.3 is 15.5 Å². The average molecular weight is 388 g/mol. The molecular weight excluding hydrogens is 350 g/mol. The quantitative estimate of drug-likeness (QED) is 0.762. The van der Waals surface area contributed by atoms with Crippen molar-refractivity contribution in [3.8, 4) is 0 Å². The average Bonchev–Trinajstić information content (AvgIpc) is 2.59. The van der Waals surface area contributed by atoms with Crippen LogP contribution in [-0.4, -0.2) is 49.4 Å². The van der Waals surface area contributed by atoms with Crippen LogP contribution < -0.4 is 10.6 Å². The first-order valence-electron chi connectivity index (χ1n) is 10.0. The number of carbonyl (C=O) groups is 2. The molecule has 0 aliphatic carbocycles. The zero-order valence-corrected chi connectivity index (χ0v) is 17.8. The van der Waals surface area contributed by atoms with Crippen LogP contribution in [-0.2, 0) is 9.59 Å². The van der Waals surface area contributed by atoms with Gasteiger partial charge in [0.15, 0.2) is 0 Å². The molecule has 26 heavy (non-hydrogen) atoms. The summed E-state index contributed by atoms with van der Waals surface area (Å²) < 4.78 is 0. The molecule has 0 radical (unpaired) electrons. The van der Waals surface area contributed by atoms with E-state index in [1.54, 1.807) is 0 Å². The van der Waals surface area contributed by atoms with Gasteiger partial charge in [-0.1, -0.05) is 27.7 Å². The van der Waals surface area contributed by atoms with Crippen molar-refractivity contribution in [3.05, 3.63) is 0 Å². The second kappa shape index (κ2) is 10.5. The van der Waals surface area contributed by atoms with E-state index in [1.165, 1.54) is 12.8 Å². The second-order valence-electron chi connectivity index (χ2n) is 9.08. The number of piperidine rings is 2. The Kier molecular flexibility index (Phi) is 9.39. The maximum atomic E-state index is 12.7. The standard InChI is InChI=1S/C20H37N3O2.ClH/c1-15(17-7-9-21-10-8-17)12-18(24)23-11-5-6-16(14-23)13-22-19(25)20(2,3)4;/h15-17,21H,5-14H2,1-4H3,(H,22,25);1H. The Morgan fingerprint density at radius 3 is 2.46 bits per heavy atom. The first-order valence-corrected chi connectivity index (χ1v) is 10.0. The molecule has 2 fully saturated rings. The molecule has 152 valence electrons. The number of rotatable bonds is 5. The van der Waals surface area contributed by atoms with Gasteiger partial charge in [-0.3, -0.25) is 9.59 Å². The van der Waals surface area contributed by atoms with Crippen LogP contribution in [0, 0.1) is 23.2 Å². The summed E-state index contributed by atoms with van der Waals surface area (Å²) in [5, 5.41) is 6.46. The Hall–Kier alpha value is -0.810. The third-order valence-electron chi connectivity index (χ3n) is 5.79. The Balaban J connectivity index is 0.00000338. The zero-order chi connectivity index (χ0) is 18.4. The van der Waals surface area contributed by atoms with E-state index in [2.05, 4.69) is 17.6 Å². The molecule has 0 aromatic heterocycles. The number of nitrogens with one attached hydrogen (secondary N) is 2. The van der Waals surface area contributed by atoms with Gasteiger partial charge in [-0.2, -0.15) is 0 Å². The van der Waals surface area contributed by atoms with Gasteiger partial charge in [0.1, 0.15) is 0 Å². The predicted octanol–water partition coefficient (Wildman–Crippen LogP) is 2.83. The fraction of sp³-hybridized carbons (Fsp3) is 0.900. The number of halogens is 1. The topological polar surface area (TPSA) is 61.4 Å². The van der Waals surface area contributed by atoms with Gasteiger partial charge in [-0.15, -0.1) is 12.4 Å². The summed E-state index contributed by atoms with van der Waals surface area (Å²) >= 11 is 0. The number of nitrogens with zero attached hydrogens (tertiary/aromatic N) is 1. The maximum Gasteiger partial charge on any atom is 0.225 e. The normalized spacial score (nSPS) is 23.1. The number of amides is 2. The van der Waals surface area contributed by atoms with E-state index >= 15 is 0 Å². The van der Waals surface area contributed by atoms with E-state index in [0.29, 0.717) is 36.6 Å². The van der Waals surface area contributed by atoms with Gasteiger partial charge in [0.05, 0.1) is 0 Å². The van der Waals surface area contributed by atoms with Crippen LogP contribution >= 0.6 is 12.4 Å². The van der Waals surface area contributed by atoms with Crippen molar-refractivity contribution in [3.63, 3.8) is 0 Å². The highest BCUT2D eigenvalue weighted by molar-refractivity contribution is 5.85. The van der Waals surface area contributed by atoms with Gasteiger partial charge in [0.25, 0.3) is 0 Å². The van der Waals surface area contributed by atoms with Crippen LogP contribution in [0.25, 0.3) is 0 Å². The lowest BCUT2D eigenvalue weighted by atomic mass is 9.83. The molecule has 0 bridgehead atoms. The highest BCUT2D eigenvalue weighted by atomic mass is 35.5. The molecule has 2 atom stereocenters. The van der Waals surface area contributed by atoms with Crippen molar-refractivity contribution in [1.82, 2.24) is 15.5 Å². The van der Waals surface area contributed by atoms with Crippen LogP contribution in [0.15, 0.2) is 0 Å². The minimum Gasteiger partial charge on any atom is -0.355 e. The first-order chi connectivity index (χ1) is 11.8. The van der Waals surface area contributed by atoms with Crippen LogP contribution in [0.1, 0.15) is 59.8 Å². The molecule has 0 aromatic carbocycles. The zero-order valence-electron chi connectivity index (χ0n) is 17.0. The van der Waals surface area contributed by atoms with E-state index in [-0.39, 0.29) is 23.7 Å². The van der Waals surface area contributed by atoms with Crippen molar-refractivity contribution < 1.29 is 9.59 Å². The van der Waals surface area contributed by atoms with Gasteiger partial charge in [0, 0.05) is 31.5 Å². The summed E-state index contributed by atoms with van der Waals surface area (Å²) in [4.78, 5) is 26.8. The molecular formula is C20H38ClN3O2. The van der Waals surface area contributed by atoms with E-state index < -0.39 is 0 Å². The Morgan fingerprint density at radius 1 is 1.19 bits per heavy atom. The summed E-state index contributed by atoms with van der Waals surface area (Å²) in [5.74, 6) is 1.93. The molecule has 2 amide bonds. The minimum atomic E-state index is -0.353. The molecule has 2 unspecified atom stereocenters. The van der Waals surface area contributed by atoms with Crippen LogP contribution in [0.4, 0.5) is 0 Å². The van der Waals surface area contributed by atoms with E-state index in [0.717, 1.165) is 39.0 Å². The van der Waals surface area contributed by atoms with E-state index in [1.807, 2.05) is 25.7 Å². The molecule has 5 nitrogen and oxygen atoms in total. The predicted molar refractivity (Wildman–Crippen MR) is 108 cm³/mol. The van der Waals surface area contributed by atoms with Crippen LogP contribution in [0.2, 0.25) is 0 Å². The fourth-order valence-electron chi connectivity index (χ4n) is 3.94. The lowest BCUT2D eigenvalue weighted by Gasteiger charge is -2.35. The van der Waals surface area contributed by atoms with Crippen molar-refractivity contribution >= 4 is 24.2 Å². The summed E-state index contributed by atoms with van der Waals surface area (Å²) in [6.07, 6.45) is 5.19.